The molecular formula is C23H20F8N2O2. The van der Waals surface area contributed by atoms with Crippen LogP contribution in [0.15, 0.2) is 58.5 Å². The fraction of sp³-hybridized carbons (Fsp3) is 0.348. The number of alkyl halides is 8. The molecule has 2 rings (SSSR count). The first-order valence-corrected chi connectivity index (χ1v) is 10.1. The summed E-state index contributed by atoms with van der Waals surface area (Å²) in [6.45, 7) is -0.0533. The van der Waals surface area contributed by atoms with Crippen molar-refractivity contribution in [1.82, 2.24) is 0 Å². The third-order valence-corrected chi connectivity index (χ3v) is 4.91. The Morgan fingerprint density at radius 3 is 1.71 bits per heavy atom. The highest BCUT2D eigenvalue weighted by atomic mass is 19.4. The molecule has 0 radical (unpaired) electrons. The molecule has 0 amide bonds. The lowest BCUT2D eigenvalue weighted by Crippen LogP contribution is -2.45. The SMILES string of the molecule is COC(=O)C(CCCN=Cc1ccc(C(F)(F)F)cc1)(N=Cc1ccc(C(F)(F)F)cc1)C(F)F. The number of esters is 1. The van der Waals surface area contributed by atoms with Gasteiger partial charge in [-0.1, -0.05) is 24.3 Å². The topological polar surface area (TPSA) is 51.0 Å². The standard InChI is InChI=1S/C23H20F8N2O2/c1-35-20(34)21(19(24)25,33-14-16-5-9-18(10-6-16)23(29,30)31)11-2-12-32-13-15-3-7-17(8-4-15)22(26,27)28/h3-10,13-14,19H,2,11-12H2,1H3. The van der Waals surface area contributed by atoms with Crippen LogP contribution in [0.3, 0.4) is 0 Å². The number of nitrogens with zero attached hydrogens (tertiary/aromatic N) is 2. The van der Waals surface area contributed by atoms with Crippen LogP contribution < -0.4 is 0 Å². The molecule has 0 aromatic heterocycles. The Bertz CT molecular complexity index is 1030. The quantitative estimate of drug-likeness (QED) is 0.175. The minimum atomic E-state index is -4.57. The van der Waals surface area contributed by atoms with Crippen LogP contribution in [0, 0.1) is 0 Å². The van der Waals surface area contributed by atoms with E-state index in [2.05, 4.69) is 14.7 Å². The number of halogens is 8. The van der Waals surface area contributed by atoms with Crippen molar-refractivity contribution in [3.63, 3.8) is 0 Å². The summed E-state index contributed by atoms with van der Waals surface area (Å²) in [5.41, 5.74) is -3.96. The second-order valence-corrected chi connectivity index (χ2v) is 7.35. The van der Waals surface area contributed by atoms with E-state index in [0.717, 1.165) is 49.7 Å². The van der Waals surface area contributed by atoms with Gasteiger partial charge in [-0.25, -0.2) is 13.6 Å². The molecule has 2 aromatic rings. The van der Waals surface area contributed by atoms with E-state index in [4.69, 9.17) is 0 Å². The van der Waals surface area contributed by atoms with Crippen LogP contribution in [-0.4, -0.2) is 44.0 Å². The molecule has 190 valence electrons. The van der Waals surface area contributed by atoms with Crippen molar-refractivity contribution in [3.8, 4) is 0 Å². The highest BCUT2D eigenvalue weighted by Gasteiger charge is 2.47. The monoisotopic (exact) mass is 508 g/mol. The van der Waals surface area contributed by atoms with E-state index in [1.807, 2.05) is 0 Å². The fourth-order valence-electron chi connectivity index (χ4n) is 2.97. The largest absolute Gasteiger partial charge is 0.467 e. The van der Waals surface area contributed by atoms with Crippen LogP contribution >= 0.6 is 0 Å². The van der Waals surface area contributed by atoms with Gasteiger partial charge in [-0.05, 0) is 48.2 Å². The van der Waals surface area contributed by atoms with Gasteiger partial charge in [-0.3, -0.25) is 9.98 Å². The Balaban J connectivity index is 2.11. The number of benzene rings is 2. The van der Waals surface area contributed by atoms with Gasteiger partial charge in [-0.15, -0.1) is 0 Å². The number of carbonyl (C=O) groups is 1. The second kappa shape index (κ2) is 11.4. The van der Waals surface area contributed by atoms with Gasteiger partial charge < -0.3 is 4.74 Å². The van der Waals surface area contributed by atoms with Crippen LogP contribution in [0.4, 0.5) is 35.1 Å². The van der Waals surface area contributed by atoms with Crippen LogP contribution in [-0.2, 0) is 21.9 Å². The minimum Gasteiger partial charge on any atom is -0.467 e. The first-order valence-electron chi connectivity index (χ1n) is 10.1. The maximum absolute atomic E-state index is 13.9. The summed E-state index contributed by atoms with van der Waals surface area (Å²) >= 11 is 0. The fourth-order valence-corrected chi connectivity index (χ4v) is 2.97. The van der Waals surface area contributed by atoms with Gasteiger partial charge in [0.2, 0.25) is 5.54 Å². The summed E-state index contributed by atoms with van der Waals surface area (Å²) < 4.78 is 108. The maximum atomic E-state index is 13.9. The van der Waals surface area contributed by atoms with Gasteiger partial charge in [0.05, 0.1) is 18.2 Å². The molecule has 0 aliphatic heterocycles. The van der Waals surface area contributed by atoms with Crippen molar-refractivity contribution in [2.24, 2.45) is 9.98 Å². The van der Waals surface area contributed by atoms with E-state index >= 15 is 0 Å². The molecule has 1 unspecified atom stereocenters. The van der Waals surface area contributed by atoms with Gasteiger partial charge in [0.1, 0.15) is 0 Å². The van der Waals surface area contributed by atoms with Gasteiger partial charge in [-0.2, -0.15) is 26.3 Å². The third-order valence-electron chi connectivity index (χ3n) is 4.91. The minimum absolute atomic E-state index is 0.0533. The normalized spacial score (nSPS) is 14.6. The number of aliphatic imine (C=N–C) groups is 2. The summed E-state index contributed by atoms with van der Waals surface area (Å²) in [5.74, 6) is -1.33. The smallest absolute Gasteiger partial charge is 0.416 e. The molecule has 0 heterocycles. The zero-order chi connectivity index (χ0) is 26.3. The predicted molar refractivity (Wildman–Crippen MR) is 113 cm³/mol. The molecule has 0 spiro atoms. The van der Waals surface area contributed by atoms with E-state index in [0.29, 0.717) is 5.56 Å². The highest BCUT2D eigenvalue weighted by Crippen LogP contribution is 2.31. The maximum Gasteiger partial charge on any atom is 0.416 e. The lowest BCUT2D eigenvalue weighted by atomic mass is 9.94. The first-order chi connectivity index (χ1) is 16.3. The van der Waals surface area contributed by atoms with E-state index in [-0.39, 0.29) is 18.5 Å². The number of ether oxygens (including phenoxy) is 1. The lowest BCUT2D eigenvalue weighted by Gasteiger charge is -2.25. The predicted octanol–water partition coefficient (Wildman–Crippen LogP) is 6.22. The number of rotatable bonds is 9. The summed E-state index contributed by atoms with van der Waals surface area (Å²) in [5, 5.41) is 0. The molecule has 0 saturated carbocycles. The molecule has 0 saturated heterocycles. The molecule has 2 aromatic carbocycles. The molecular weight excluding hydrogens is 488 g/mol. The molecule has 0 fully saturated rings. The van der Waals surface area contributed by atoms with Crippen molar-refractivity contribution >= 4 is 18.4 Å². The Labute approximate surface area is 195 Å². The van der Waals surface area contributed by atoms with E-state index < -0.39 is 47.8 Å². The lowest BCUT2D eigenvalue weighted by molar-refractivity contribution is -0.153. The van der Waals surface area contributed by atoms with Crippen LogP contribution in [0.2, 0.25) is 0 Å². The van der Waals surface area contributed by atoms with E-state index in [1.165, 1.54) is 18.3 Å². The molecule has 0 aliphatic rings. The zero-order valence-electron chi connectivity index (χ0n) is 18.2. The van der Waals surface area contributed by atoms with Crippen molar-refractivity contribution in [1.29, 1.82) is 0 Å². The Kier molecular flexibility index (Phi) is 9.11. The molecule has 12 heteroatoms. The molecule has 0 N–H and O–H groups in total. The molecule has 4 nitrogen and oxygen atoms in total. The summed E-state index contributed by atoms with van der Waals surface area (Å²) in [4.78, 5) is 19.8. The Hall–Kier alpha value is -3.31. The number of methoxy groups -OCH3 is 1. The van der Waals surface area contributed by atoms with Crippen LogP contribution in [0.1, 0.15) is 35.1 Å². The van der Waals surface area contributed by atoms with Gasteiger partial charge >= 0.3 is 18.3 Å². The number of hydrogen-bond donors (Lipinski definition) is 0. The second-order valence-electron chi connectivity index (χ2n) is 7.35. The first kappa shape index (κ1) is 27.9. The summed E-state index contributed by atoms with van der Waals surface area (Å²) in [6.07, 6.45) is -10.8. The molecule has 1 atom stereocenters. The summed E-state index contributed by atoms with van der Waals surface area (Å²) in [6, 6.07) is 7.67. The van der Waals surface area contributed by atoms with Crippen LogP contribution in [0.5, 0.6) is 0 Å². The molecule has 35 heavy (non-hydrogen) atoms. The summed E-state index contributed by atoms with van der Waals surface area (Å²) in [7, 11) is 0.899. The Morgan fingerprint density at radius 1 is 0.857 bits per heavy atom. The van der Waals surface area contributed by atoms with Crippen molar-refractivity contribution in [3.05, 3.63) is 70.8 Å². The van der Waals surface area contributed by atoms with Gasteiger partial charge in [0.15, 0.2) is 0 Å². The van der Waals surface area contributed by atoms with E-state index in [1.54, 1.807) is 0 Å². The Morgan fingerprint density at radius 2 is 1.31 bits per heavy atom. The number of hydrogen-bond acceptors (Lipinski definition) is 4. The average Bonchev–Trinajstić information content (AvgIpc) is 2.79. The van der Waals surface area contributed by atoms with Crippen molar-refractivity contribution in [2.45, 2.75) is 37.2 Å². The highest BCUT2D eigenvalue weighted by molar-refractivity contribution is 5.87. The van der Waals surface area contributed by atoms with Crippen molar-refractivity contribution < 1.29 is 44.7 Å². The molecule has 0 aliphatic carbocycles. The van der Waals surface area contributed by atoms with Crippen molar-refractivity contribution in [2.75, 3.05) is 13.7 Å². The van der Waals surface area contributed by atoms with Gasteiger partial charge in [0.25, 0.3) is 6.43 Å². The van der Waals surface area contributed by atoms with E-state index in [9.17, 15) is 39.9 Å². The molecule has 0 bridgehead atoms. The number of carbonyl (C=O) groups excluding carboxylic acids is 1. The third kappa shape index (κ3) is 7.59. The van der Waals surface area contributed by atoms with Gasteiger partial charge in [0, 0.05) is 19.0 Å². The van der Waals surface area contributed by atoms with Crippen LogP contribution in [0.25, 0.3) is 0 Å². The average molecular weight is 508 g/mol. The zero-order valence-corrected chi connectivity index (χ0v) is 18.2.